The predicted molar refractivity (Wildman–Crippen MR) is 156 cm³/mol. The molecular formula is C32H50N2O6. The number of aliphatic hydroxyl groups is 1. The van der Waals surface area contributed by atoms with Crippen LogP contribution < -0.4 is 0 Å². The summed E-state index contributed by atoms with van der Waals surface area (Å²) in [4.78, 5) is 40.4. The van der Waals surface area contributed by atoms with Crippen LogP contribution in [0.15, 0.2) is 23.9 Å². The van der Waals surface area contributed by atoms with Gasteiger partial charge in [0.15, 0.2) is 5.78 Å². The van der Waals surface area contributed by atoms with Crippen molar-refractivity contribution in [2.75, 3.05) is 26.2 Å². The molecule has 224 valence electrons. The molecule has 8 nitrogen and oxygen atoms in total. The van der Waals surface area contributed by atoms with E-state index in [1.165, 1.54) is 0 Å². The summed E-state index contributed by atoms with van der Waals surface area (Å²) in [6, 6.07) is -0.144. The van der Waals surface area contributed by atoms with Crippen molar-refractivity contribution in [3.63, 3.8) is 0 Å². The molecule has 0 aromatic rings. The summed E-state index contributed by atoms with van der Waals surface area (Å²) >= 11 is 0. The van der Waals surface area contributed by atoms with Crippen molar-refractivity contribution in [2.24, 2.45) is 0 Å². The Morgan fingerprint density at radius 3 is 2.50 bits per heavy atom. The minimum Gasteiger partial charge on any atom is -0.466 e. The van der Waals surface area contributed by atoms with Crippen molar-refractivity contribution in [1.82, 2.24) is 9.80 Å². The molecule has 0 radical (unpaired) electrons. The normalized spacial score (nSPS) is 20.2. The van der Waals surface area contributed by atoms with Gasteiger partial charge >= 0.3 is 12.1 Å². The minimum absolute atomic E-state index is 0.0485. The first-order valence-corrected chi connectivity index (χ1v) is 15.0. The molecule has 2 aliphatic heterocycles. The van der Waals surface area contributed by atoms with Crippen LogP contribution in [0.3, 0.4) is 0 Å². The minimum atomic E-state index is -0.541. The van der Waals surface area contributed by atoms with E-state index in [0.717, 1.165) is 44.2 Å². The number of esters is 1. The molecule has 2 heterocycles. The Kier molecular flexibility index (Phi) is 14.9. The summed E-state index contributed by atoms with van der Waals surface area (Å²) in [6.07, 6.45) is 13.5. The molecular weight excluding hydrogens is 508 g/mol. The lowest BCUT2D eigenvalue weighted by Crippen LogP contribution is -2.45. The van der Waals surface area contributed by atoms with Crippen molar-refractivity contribution in [2.45, 2.75) is 122 Å². The molecule has 40 heavy (non-hydrogen) atoms. The standard InChI is InChI=1S/C32H50N2O6/c1-5-39-30(37)19-13-9-7-6-8-11-17-27(35)20-23-33-21-14-10-12-18-29(36)28(33)24-26-16-15-22-34(25-26)31(38)40-32(2,3)4/h16,20,23,28-29,36H,5,8-15,17-19,21-22,24-25H2,1-4H3/t28-,29-/m1/s1. The molecule has 1 amide bonds. The molecule has 2 aliphatic rings. The number of hydrogen-bond acceptors (Lipinski definition) is 7. The second kappa shape index (κ2) is 17.8. The van der Waals surface area contributed by atoms with E-state index in [2.05, 4.69) is 22.8 Å². The van der Waals surface area contributed by atoms with Gasteiger partial charge in [-0.25, -0.2) is 4.79 Å². The predicted octanol–water partition coefficient (Wildman–Crippen LogP) is 5.54. The van der Waals surface area contributed by atoms with E-state index in [0.29, 0.717) is 64.6 Å². The van der Waals surface area contributed by atoms with Gasteiger partial charge in [0, 0.05) is 51.5 Å². The Balaban J connectivity index is 1.88. The number of carbonyl (C=O) groups excluding carboxylic acids is 3. The van der Waals surface area contributed by atoms with Gasteiger partial charge < -0.3 is 24.4 Å². The van der Waals surface area contributed by atoms with Gasteiger partial charge in [-0.15, -0.1) is 11.8 Å². The summed E-state index contributed by atoms with van der Waals surface area (Å²) in [5.74, 6) is 6.01. The Hall–Kier alpha value is -2.79. The van der Waals surface area contributed by atoms with Crippen molar-refractivity contribution in [3.05, 3.63) is 23.9 Å². The highest BCUT2D eigenvalue weighted by atomic mass is 16.6. The lowest BCUT2D eigenvalue weighted by molar-refractivity contribution is -0.143. The van der Waals surface area contributed by atoms with Crippen LogP contribution in [0.1, 0.15) is 105 Å². The third-order valence-corrected chi connectivity index (χ3v) is 6.93. The van der Waals surface area contributed by atoms with E-state index < -0.39 is 11.7 Å². The summed E-state index contributed by atoms with van der Waals surface area (Å²) in [6.45, 7) is 9.71. The lowest BCUT2D eigenvalue weighted by atomic mass is 9.92. The van der Waals surface area contributed by atoms with E-state index in [1.807, 2.05) is 27.0 Å². The van der Waals surface area contributed by atoms with Crippen LogP contribution in [0.25, 0.3) is 0 Å². The SMILES string of the molecule is CCOC(=O)CCCC#CCCCC(=O)C=CN1CCCCC[C@@H](O)[C@H]1CC1=CCCN(C(=O)OC(C)(C)C)C1. The monoisotopic (exact) mass is 558 g/mol. The number of nitrogens with zero attached hydrogens (tertiary/aromatic N) is 2. The van der Waals surface area contributed by atoms with Crippen LogP contribution in [0.4, 0.5) is 4.79 Å². The summed E-state index contributed by atoms with van der Waals surface area (Å²) in [5.41, 5.74) is 0.576. The molecule has 2 rings (SSSR count). The quantitative estimate of drug-likeness (QED) is 0.117. The molecule has 0 unspecified atom stereocenters. The number of likely N-dealkylation sites (tertiary alicyclic amines) is 1. The first kappa shape index (κ1) is 33.4. The van der Waals surface area contributed by atoms with Gasteiger partial charge in [0.2, 0.25) is 0 Å². The molecule has 0 aromatic carbocycles. The number of carbonyl (C=O) groups is 3. The maximum Gasteiger partial charge on any atom is 0.410 e. The molecule has 8 heteroatoms. The highest BCUT2D eigenvalue weighted by Crippen LogP contribution is 2.26. The summed E-state index contributed by atoms with van der Waals surface area (Å²) in [5, 5.41) is 11.1. The number of hydrogen-bond donors (Lipinski definition) is 1. The van der Waals surface area contributed by atoms with Gasteiger partial charge in [-0.1, -0.05) is 24.5 Å². The Morgan fingerprint density at radius 2 is 1.80 bits per heavy atom. The number of ether oxygens (including phenoxy) is 2. The van der Waals surface area contributed by atoms with Crippen LogP contribution in [0.2, 0.25) is 0 Å². The third-order valence-electron chi connectivity index (χ3n) is 6.93. The average molecular weight is 559 g/mol. The fourth-order valence-corrected chi connectivity index (χ4v) is 4.90. The Bertz CT molecular complexity index is 939. The number of amides is 1. The largest absolute Gasteiger partial charge is 0.466 e. The maximum absolute atomic E-state index is 12.6. The number of rotatable bonds is 11. The van der Waals surface area contributed by atoms with Gasteiger partial charge in [-0.3, -0.25) is 9.59 Å². The Labute approximate surface area is 241 Å². The van der Waals surface area contributed by atoms with Gasteiger partial charge in [0.1, 0.15) is 5.60 Å². The fourth-order valence-electron chi connectivity index (χ4n) is 4.90. The van der Waals surface area contributed by atoms with Gasteiger partial charge in [-0.05, 0) is 72.3 Å². The summed E-state index contributed by atoms with van der Waals surface area (Å²) < 4.78 is 10.5. The first-order valence-electron chi connectivity index (χ1n) is 15.0. The molecule has 0 aliphatic carbocycles. The van der Waals surface area contributed by atoms with Gasteiger partial charge in [-0.2, -0.15) is 0 Å². The van der Waals surface area contributed by atoms with Crippen LogP contribution in [0.5, 0.6) is 0 Å². The van der Waals surface area contributed by atoms with Crippen molar-refractivity contribution in [3.8, 4) is 11.8 Å². The van der Waals surface area contributed by atoms with Gasteiger partial charge in [0.25, 0.3) is 0 Å². The number of allylic oxidation sites excluding steroid dienone is 1. The molecule has 0 aromatic heterocycles. The Morgan fingerprint density at radius 1 is 1.07 bits per heavy atom. The second-order valence-electron chi connectivity index (χ2n) is 11.6. The third kappa shape index (κ3) is 13.5. The smallest absolute Gasteiger partial charge is 0.410 e. The lowest BCUT2D eigenvalue weighted by Gasteiger charge is -2.38. The van der Waals surface area contributed by atoms with E-state index in [-0.39, 0.29) is 23.9 Å². The van der Waals surface area contributed by atoms with E-state index in [9.17, 15) is 19.5 Å². The zero-order chi connectivity index (χ0) is 29.4. The number of unbranched alkanes of at least 4 members (excludes halogenated alkanes) is 2. The average Bonchev–Trinajstić information content (AvgIpc) is 2.89. The van der Waals surface area contributed by atoms with Crippen LogP contribution in [0, 0.1) is 11.8 Å². The van der Waals surface area contributed by atoms with Crippen molar-refractivity contribution in [1.29, 1.82) is 0 Å². The fraction of sp³-hybridized carbons (Fsp3) is 0.719. The molecule has 0 bridgehead atoms. The van der Waals surface area contributed by atoms with Gasteiger partial charge in [0.05, 0.1) is 18.8 Å². The van der Waals surface area contributed by atoms with Crippen LogP contribution in [-0.4, -0.2) is 76.7 Å². The zero-order valence-electron chi connectivity index (χ0n) is 25.1. The van der Waals surface area contributed by atoms with Crippen molar-refractivity contribution >= 4 is 17.8 Å². The number of ketones is 1. The van der Waals surface area contributed by atoms with Crippen molar-refractivity contribution < 1.29 is 29.0 Å². The topological polar surface area (TPSA) is 96.4 Å². The second-order valence-corrected chi connectivity index (χ2v) is 11.6. The molecule has 1 saturated heterocycles. The highest BCUT2D eigenvalue weighted by Gasteiger charge is 2.30. The summed E-state index contributed by atoms with van der Waals surface area (Å²) in [7, 11) is 0. The van der Waals surface area contributed by atoms with E-state index in [4.69, 9.17) is 9.47 Å². The van der Waals surface area contributed by atoms with Crippen LogP contribution in [-0.2, 0) is 19.1 Å². The molecule has 0 spiro atoms. The highest BCUT2D eigenvalue weighted by molar-refractivity contribution is 5.89. The first-order chi connectivity index (χ1) is 19.1. The molecule has 1 fully saturated rings. The molecule has 2 atom stereocenters. The van der Waals surface area contributed by atoms with Crippen LogP contribution >= 0.6 is 0 Å². The number of aliphatic hydroxyl groups excluding tert-OH is 1. The van der Waals surface area contributed by atoms with E-state index in [1.54, 1.807) is 17.9 Å². The maximum atomic E-state index is 12.6. The molecule has 1 N–H and O–H groups in total. The van der Waals surface area contributed by atoms with E-state index >= 15 is 0 Å². The molecule has 0 saturated carbocycles. The zero-order valence-corrected chi connectivity index (χ0v) is 25.1.